The minimum Gasteiger partial charge on any atom is -0.466 e. The van der Waals surface area contributed by atoms with E-state index in [2.05, 4.69) is 4.98 Å². The van der Waals surface area contributed by atoms with Crippen LogP contribution >= 0.6 is 0 Å². The Morgan fingerprint density at radius 2 is 1.74 bits per heavy atom. The minimum absolute atomic E-state index is 0.188. The Hall–Kier alpha value is -1.86. The summed E-state index contributed by atoms with van der Waals surface area (Å²) in [6.45, 7) is 1.85. The molecule has 1 saturated carbocycles. The normalized spacial score (nSPS) is 21.1. The van der Waals surface area contributed by atoms with Gasteiger partial charge in [0.2, 0.25) is 11.6 Å². The van der Waals surface area contributed by atoms with Gasteiger partial charge >= 0.3 is 5.97 Å². The Morgan fingerprint density at radius 3 is 2.30 bits per heavy atom. The van der Waals surface area contributed by atoms with Gasteiger partial charge in [0.05, 0.1) is 12.5 Å². The third-order valence-electron chi connectivity index (χ3n) is 4.14. The number of esters is 1. The van der Waals surface area contributed by atoms with Crippen LogP contribution in [0.25, 0.3) is 0 Å². The predicted molar refractivity (Wildman–Crippen MR) is 74.9 cm³/mol. The van der Waals surface area contributed by atoms with Crippen LogP contribution in [-0.4, -0.2) is 30.6 Å². The molecule has 0 radical (unpaired) electrons. The van der Waals surface area contributed by atoms with Crippen LogP contribution in [0.15, 0.2) is 0 Å². The molecular weight excluding hydrogens is 316 g/mol. The molecule has 0 spiro atoms. The quantitative estimate of drug-likeness (QED) is 0.482. The molecule has 8 heteroatoms. The van der Waals surface area contributed by atoms with E-state index in [0.717, 1.165) is 17.7 Å². The number of carbonyl (C=O) groups excluding carboxylic acids is 1. The zero-order valence-electron chi connectivity index (χ0n) is 12.9. The van der Waals surface area contributed by atoms with Gasteiger partial charge in [0.15, 0.2) is 0 Å². The average molecular weight is 334 g/mol. The summed E-state index contributed by atoms with van der Waals surface area (Å²) in [6.07, 6.45) is 2.47. The van der Waals surface area contributed by atoms with Crippen molar-refractivity contribution in [3.63, 3.8) is 0 Å². The molecule has 0 saturated heterocycles. The summed E-state index contributed by atoms with van der Waals surface area (Å²) in [6, 6.07) is -0.604. The van der Waals surface area contributed by atoms with E-state index in [1.165, 1.54) is 7.05 Å². The molecule has 2 rings (SSSR count). The molecule has 1 aliphatic carbocycles. The molecule has 2 unspecified atom stereocenters. The summed E-state index contributed by atoms with van der Waals surface area (Å²) in [7, 11) is 1.31. The average Bonchev–Trinajstić information content (AvgIpc) is 2.53. The number of nitrogens with zero attached hydrogens (tertiary/aromatic N) is 2. The molecular formula is C15H18F4N2O2. The maximum Gasteiger partial charge on any atom is 0.311 e. The Bertz CT molecular complexity index is 571. The van der Waals surface area contributed by atoms with Crippen LogP contribution < -0.4 is 4.90 Å². The van der Waals surface area contributed by atoms with Gasteiger partial charge in [-0.05, 0) is 19.8 Å². The van der Waals surface area contributed by atoms with Gasteiger partial charge in [-0.25, -0.2) is 0 Å². The lowest BCUT2D eigenvalue weighted by Gasteiger charge is -2.38. The summed E-state index contributed by atoms with van der Waals surface area (Å²) < 4.78 is 59.5. The second-order valence-electron chi connectivity index (χ2n) is 5.49. The molecule has 1 fully saturated rings. The Labute approximate surface area is 131 Å². The highest BCUT2D eigenvalue weighted by Gasteiger charge is 2.37. The van der Waals surface area contributed by atoms with Crippen molar-refractivity contribution < 1.29 is 27.1 Å². The number of hydrogen-bond acceptors (Lipinski definition) is 4. The van der Waals surface area contributed by atoms with E-state index in [9.17, 15) is 22.4 Å². The van der Waals surface area contributed by atoms with Crippen LogP contribution in [-0.2, 0) is 9.53 Å². The molecule has 1 heterocycles. The van der Waals surface area contributed by atoms with E-state index < -0.39 is 47.1 Å². The molecule has 1 aliphatic rings. The van der Waals surface area contributed by atoms with Gasteiger partial charge in [-0.1, -0.05) is 12.8 Å². The van der Waals surface area contributed by atoms with E-state index in [1.807, 2.05) is 0 Å². The third kappa shape index (κ3) is 3.40. The first kappa shape index (κ1) is 17.5. The van der Waals surface area contributed by atoms with Crippen LogP contribution in [0.2, 0.25) is 0 Å². The summed E-state index contributed by atoms with van der Waals surface area (Å²) >= 11 is 0. The first-order chi connectivity index (χ1) is 10.9. The fourth-order valence-electron chi connectivity index (χ4n) is 3.05. The monoisotopic (exact) mass is 334 g/mol. The molecule has 4 nitrogen and oxygen atoms in total. The number of aromatic nitrogens is 1. The minimum atomic E-state index is -1.71. The maximum absolute atomic E-state index is 13.9. The molecule has 0 aliphatic heterocycles. The topological polar surface area (TPSA) is 42.4 Å². The zero-order valence-corrected chi connectivity index (χ0v) is 12.9. The van der Waals surface area contributed by atoms with Crippen molar-refractivity contribution in [2.45, 2.75) is 38.6 Å². The molecule has 1 aromatic rings. The van der Waals surface area contributed by atoms with Gasteiger partial charge in [0, 0.05) is 13.1 Å². The van der Waals surface area contributed by atoms with E-state index in [1.54, 1.807) is 6.92 Å². The number of ether oxygens (including phenoxy) is 1. The molecule has 2 atom stereocenters. The standard InChI is InChI=1S/C15H18F4N2O2/c1-3-23-15(22)8-6-4-5-7-9(8)21(2)12-10(16)13(18)20-14(19)11(12)17/h8-9H,3-7H2,1-2H3. The lowest BCUT2D eigenvalue weighted by Crippen LogP contribution is -2.45. The van der Waals surface area contributed by atoms with Crippen molar-refractivity contribution in [1.29, 1.82) is 0 Å². The molecule has 128 valence electrons. The van der Waals surface area contributed by atoms with Crippen molar-refractivity contribution in [1.82, 2.24) is 4.98 Å². The van der Waals surface area contributed by atoms with Crippen molar-refractivity contribution in [2.75, 3.05) is 18.6 Å². The Morgan fingerprint density at radius 1 is 1.17 bits per heavy atom. The first-order valence-electron chi connectivity index (χ1n) is 7.47. The van der Waals surface area contributed by atoms with Crippen LogP contribution in [0, 0.1) is 29.4 Å². The van der Waals surface area contributed by atoms with Gasteiger partial charge in [-0.15, -0.1) is 0 Å². The van der Waals surface area contributed by atoms with E-state index in [4.69, 9.17) is 4.74 Å². The summed E-state index contributed by atoms with van der Waals surface area (Å²) in [5.41, 5.74) is -0.851. The summed E-state index contributed by atoms with van der Waals surface area (Å²) in [5.74, 6) is -7.64. The fourth-order valence-corrected chi connectivity index (χ4v) is 3.05. The highest BCUT2D eigenvalue weighted by Crippen LogP contribution is 2.34. The Balaban J connectivity index is 2.38. The van der Waals surface area contributed by atoms with E-state index >= 15 is 0 Å². The number of pyridine rings is 1. The summed E-state index contributed by atoms with van der Waals surface area (Å²) in [5, 5.41) is 0. The summed E-state index contributed by atoms with van der Waals surface area (Å²) in [4.78, 5) is 15.7. The Kier molecular flexibility index (Phi) is 5.43. The number of hydrogen-bond donors (Lipinski definition) is 0. The smallest absolute Gasteiger partial charge is 0.311 e. The molecule has 0 aromatic carbocycles. The number of halogens is 4. The molecule has 23 heavy (non-hydrogen) atoms. The van der Waals surface area contributed by atoms with Gasteiger partial charge in [0.1, 0.15) is 5.69 Å². The van der Waals surface area contributed by atoms with Crippen LogP contribution in [0.5, 0.6) is 0 Å². The second kappa shape index (κ2) is 7.14. The van der Waals surface area contributed by atoms with Gasteiger partial charge in [0.25, 0.3) is 11.9 Å². The van der Waals surface area contributed by atoms with Crippen LogP contribution in [0.4, 0.5) is 23.2 Å². The van der Waals surface area contributed by atoms with Crippen molar-refractivity contribution >= 4 is 11.7 Å². The first-order valence-corrected chi connectivity index (χ1v) is 7.47. The van der Waals surface area contributed by atoms with Gasteiger partial charge in [-0.3, -0.25) is 4.79 Å². The van der Waals surface area contributed by atoms with Gasteiger partial charge < -0.3 is 9.64 Å². The lowest BCUT2D eigenvalue weighted by molar-refractivity contribution is -0.149. The molecule has 0 bridgehead atoms. The van der Waals surface area contributed by atoms with Crippen LogP contribution in [0.1, 0.15) is 32.6 Å². The van der Waals surface area contributed by atoms with Crippen LogP contribution in [0.3, 0.4) is 0 Å². The highest BCUT2D eigenvalue weighted by atomic mass is 19.2. The fraction of sp³-hybridized carbons (Fsp3) is 0.600. The van der Waals surface area contributed by atoms with Crippen molar-refractivity contribution in [2.24, 2.45) is 5.92 Å². The van der Waals surface area contributed by atoms with Crippen molar-refractivity contribution in [3.8, 4) is 0 Å². The number of rotatable bonds is 4. The van der Waals surface area contributed by atoms with E-state index in [0.29, 0.717) is 12.8 Å². The highest BCUT2D eigenvalue weighted by molar-refractivity contribution is 5.74. The zero-order chi connectivity index (χ0) is 17.1. The second-order valence-corrected chi connectivity index (χ2v) is 5.49. The third-order valence-corrected chi connectivity index (χ3v) is 4.14. The maximum atomic E-state index is 13.9. The lowest BCUT2D eigenvalue weighted by atomic mass is 9.83. The SMILES string of the molecule is CCOC(=O)C1CCCCC1N(C)c1c(F)c(F)nc(F)c1F. The number of carbonyl (C=O) groups is 1. The molecule has 0 N–H and O–H groups in total. The van der Waals surface area contributed by atoms with Gasteiger partial charge in [-0.2, -0.15) is 22.5 Å². The molecule has 1 aromatic heterocycles. The molecule has 0 amide bonds. The van der Waals surface area contributed by atoms with E-state index in [-0.39, 0.29) is 6.61 Å². The predicted octanol–water partition coefficient (Wildman–Crippen LogP) is 3.20. The number of anilines is 1. The largest absolute Gasteiger partial charge is 0.466 e. The van der Waals surface area contributed by atoms with Crippen molar-refractivity contribution in [3.05, 3.63) is 23.5 Å².